The predicted molar refractivity (Wildman–Crippen MR) is 125 cm³/mol. The molecule has 0 aromatic heterocycles. The van der Waals surface area contributed by atoms with Gasteiger partial charge in [-0.1, -0.05) is 96.1 Å². The number of hydrogen-bond donors (Lipinski definition) is 0. The first kappa shape index (κ1) is 18.7. The zero-order valence-electron chi connectivity index (χ0n) is 18.7. The number of benzene rings is 3. The summed E-state index contributed by atoms with van der Waals surface area (Å²) >= 11 is 0. The van der Waals surface area contributed by atoms with E-state index >= 15 is 0 Å². The summed E-state index contributed by atoms with van der Waals surface area (Å²) in [7, 11) is 0. The Morgan fingerprint density at radius 2 is 1.07 bits per heavy atom. The van der Waals surface area contributed by atoms with Crippen molar-refractivity contribution in [1.29, 1.82) is 0 Å². The number of fused-ring (bicyclic) bond motifs is 4. The minimum atomic E-state index is 0.0757. The Hall–Kier alpha value is -2.34. The maximum Gasteiger partial charge on any atom is 0.0158 e. The smallest absolute Gasteiger partial charge is 0.0158 e. The summed E-state index contributed by atoms with van der Waals surface area (Å²) in [5, 5.41) is 0. The van der Waals surface area contributed by atoms with Crippen molar-refractivity contribution in [3.63, 3.8) is 0 Å². The average Bonchev–Trinajstić information content (AvgIpc) is 2.93. The summed E-state index contributed by atoms with van der Waals surface area (Å²) in [5.41, 5.74) is 12.0. The highest BCUT2D eigenvalue weighted by Crippen LogP contribution is 2.50. The SMILES string of the molecule is CC1(C)CCC(C)(C)c2cc(-c3ccc4c(c3)-c3ccccc3C4(C)C)ccc21. The molecule has 3 aromatic carbocycles. The summed E-state index contributed by atoms with van der Waals surface area (Å²) < 4.78 is 0. The summed E-state index contributed by atoms with van der Waals surface area (Å²) in [5.74, 6) is 0. The molecular formula is C29H32. The molecule has 0 spiro atoms. The van der Waals surface area contributed by atoms with Crippen LogP contribution in [0.1, 0.15) is 76.6 Å². The molecule has 0 heterocycles. The van der Waals surface area contributed by atoms with E-state index in [2.05, 4.69) is 102 Å². The maximum absolute atomic E-state index is 2.48. The lowest BCUT2D eigenvalue weighted by Crippen LogP contribution is -2.33. The molecular weight excluding hydrogens is 348 g/mol. The van der Waals surface area contributed by atoms with Gasteiger partial charge in [0.25, 0.3) is 0 Å². The second kappa shape index (κ2) is 5.85. The van der Waals surface area contributed by atoms with Gasteiger partial charge in [-0.15, -0.1) is 0 Å². The van der Waals surface area contributed by atoms with Crippen LogP contribution in [0.2, 0.25) is 0 Å². The third-order valence-corrected chi connectivity index (χ3v) is 7.77. The Balaban J connectivity index is 1.67. The van der Waals surface area contributed by atoms with Crippen molar-refractivity contribution >= 4 is 0 Å². The molecule has 0 radical (unpaired) electrons. The van der Waals surface area contributed by atoms with Gasteiger partial charge in [-0.3, -0.25) is 0 Å². The molecule has 0 nitrogen and oxygen atoms in total. The Morgan fingerprint density at radius 3 is 1.79 bits per heavy atom. The Kier molecular flexibility index (Phi) is 3.77. The van der Waals surface area contributed by atoms with Crippen LogP contribution in [-0.2, 0) is 16.2 Å². The lowest BCUT2D eigenvalue weighted by Gasteiger charge is -2.42. The van der Waals surface area contributed by atoms with Crippen molar-refractivity contribution in [3.8, 4) is 22.3 Å². The molecule has 0 fully saturated rings. The molecule has 0 aliphatic heterocycles. The lowest BCUT2D eigenvalue weighted by atomic mass is 9.63. The molecule has 0 heteroatoms. The van der Waals surface area contributed by atoms with E-state index in [9.17, 15) is 0 Å². The minimum absolute atomic E-state index is 0.0757. The molecule has 148 valence electrons. The number of hydrogen-bond acceptors (Lipinski definition) is 0. The summed E-state index contributed by atoms with van der Waals surface area (Å²) in [6.45, 7) is 14.3. The van der Waals surface area contributed by atoms with Gasteiger partial charge >= 0.3 is 0 Å². The van der Waals surface area contributed by atoms with E-state index in [1.54, 1.807) is 0 Å². The fourth-order valence-electron chi connectivity index (χ4n) is 5.67. The first-order valence-corrected chi connectivity index (χ1v) is 11.0. The van der Waals surface area contributed by atoms with E-state index in [1.807, 2.05) is 0 Å². The molecule has 0 bridgehead atoms. The summed E-state index contributed by atoms with van der Waals surface area (Å²) in [6, 6.07) is 23.2. The van der Waals surface area contributed by atoms with Crippen LogP contribution >= 0.6 is 0 Å². The Morgan fingerprint density at radius 1 is 0.517 bits per heavy atom. The largest absolute Gasteiger partial charge is 0.0619 e. The van der Waals surface area contributed by atoms with Crippen LogP contribution in [0, 0.1) is 0 Å². The fraction of sp³-hybridized carbons (Fsp3) is 0.379. The second-order valence-electron chi connectivity index (χ2n) is 11.0. The fourth-order valence-corrected chi connectivity index (χ4v) is 5.67. The van der Waals surface area contributed by atoms with Gasteiger partial charge in [0.1, 0.15) is 0 Å². The van der Waals surface area contributed by atoms with Gasteiger partial charge in [0.2, 0.25) is 0 Å². The van der Waals surface area contributed by atoms with Crippen LogP contribution < -0.4 is 0 Å². The van der Waals surface area contributed by atoms with Crippen LogP contribution in [0.25, 0.3) is 22.3 Å². The lowest BCUT2D eigenvalue weighted by molar-refractivity contribution is 0.332. The highest BCUT2D eigenvalue weighted by Gasteiger charge is 2.38. The van der Waals surface area contributed by atoms with E-state index in [0.717, 1.165) is 0 Å². The molecule has 3 aromatic rings. The van der Waals surface area contributed by atoms with Gasteiger partial charge in [-0.05, 0) is 74.2 Å². The first-order chi connectivity index (χ1) is 13.6. The monoisotopic (exact) mass is 380 g/mol. The van der Waals surface area contributed by atoms with Crippen LogP contribution in [0.5, 0.6) is 0 Å². The highest BCUT2D eigenvalue weighted by atomic mass is 14.4. The van der Waals surface area contributed by atoms with Crippen molar-refractivity contribution in [2.24, 2.45) is 0 Å². The van der Waals surface area contributed by atoms with Crippen LogP contribution in [0.4, 0.5) is 0 Å². The quantitative estimate of drug-likeness (QED) is 0.401. The average molecular weight is 381 g/mol. The van der Waals surface area contributed by atoms with E-state index < -0.39 is 0 Å². The minimum Gasteiger partial charge on any atom is -0.0619 e. The van der Waals surface area contributed by atoms with Gasteiger partial charge in [-0.2, -0.15) is 0 Å². The van der Waals surface area contributed by atoms with Crippen LogP contribution in [0.15, 0.2) is 60.7 Å². The Bertz CT molecular complexity index is 1120. The van der Waals surface area contributed by atoms with Gasteiger partial charge in [0, 0.05) is 5.41 Å². The third kappa shape index (κ3) is 2.65. The molecule has 0 saturated heterocycles. The molecule has 0 unspecified atom stereocenters. The van der Waals surface area contributed by atoms with Gasteiger partial charge in [0.15, 0.2) is 0 Å². The maximum atomic E-state index is 2.48. The van der Waals surface area contributed by atoms with E-state index in [-0.39, 0.29) is 16.2 Å². The van der Waals surface area contributed by atoms with Gasteiger partial charge < -0.3 is 0 Å². The topological polar surface area (TPSA) is 0 Å². The molecule has 0 N–H and O–H groups in total. The molecule has 5 rings (SSSR count). The van der Waals surface area contributed by atoms with Crippen molar-refractivity contribution < 1.29 is 0 Å². The first-order valence-electron chi connectivity index (χ1n) is 11.0. The molecule has 2 aliphatic carbocycles. The molecule has 0 atom stereocenters. The van der Waals surface area contributed by atoms with Crippen molar-refractivity contribution in [3.05, 3.63) is 82.9 Å². The predicted octanol–water partition coefficient (Wildman–Crippen LogP) is 8.01. The van der Waals surface area contributed by atoms with Gasteiger partial charge in [-0.25, -0.2) is 0 Å². The normalized spacial score (nSPS) is 19.9. The zero-order chi connectivity index (χ0) is 20.6. The van der Waals surface area contributed by atoms with E-state index in [0.29, 0.717) is 0 Å². The van der Waals surface area contributed by atoms with Crippen molar-refractivity contribution in [1.82, 2.24) is 0 Å². The molecule has 29 heavy (non-hydrogen) atoms. The van der Waals surface area contributed by atoms with Crippen LogP contribution in [0.3, 0.4) is 0 Å². The molecule has 0 amide bonds. The second-order valence-corrected chi connectivity index (χ2v) is 11.0. The van der Waals surface area contributed by atoms with Crippen LogP contribution in [-0.4, -0.2) is 0 Å². The highest BCUT2D eigenvalue weighted by molar-refractivity contribution is 5.84. The van der Waals surface area contributed by atoms with E-state index in [4.69, 9.17) is 0 Å². The van der Waals surface area contributed by atoms with Crippen molar-refractivity contribution in [2.45, 2.75) is 70.6 Å². The number of rotatable bonds is 1. The molecule has 2 aliphatic rings. The summed E-state index contributed by atoms with van der Waals surface area (Å²) in [4.78, 5) is 0. The molecule has 0 saturated carbocycles. The Labute approximate surface area is 176 Å². The summed E-state index contributed by atoms with van der Waals surface area (Å²) in [6.07, 6.45) is 2.51. The third-order valence-electron chi connectivity index (χ3n) is 7.77. The van der Waals surface area contributed by atoms with E-state index in [1.165, 1.54) is 57.3 Å². The zero-order valence-corrected chi connectivity index (χ0v) is 18.7. The standard InChI is InChI=1S/C29H32/c1-27(2)15-16-28(3,4)26-18-20(12-14-25(26)27)19-11-13-24-22(17-19)21-9-7-8-10-23(21)29(24,5)6/h7-14,17-18H,15-16H2,1-6H3. The van der Waals surface area contributed by atoms with Gasteiger partial charge in [0.05, 0.1) is 0 Å². The van der Waals surface area contributed by atoms with Crippen molar-refractivity contribution in [2.75, 3.05) is 0 Å².